The first-order chi connectivity index (χ1) is 20.3. The number of rotatable bonds is 12. The Balaban J connectivity index is 1.45. The van der Waals surface area contributed by atoms with Crippen LogP contribution < -0.4 is 9.05 Å². The van der Waals surface area contributed by atoms with Gasteiger partial charge in [0.25, 0.3) is 0 Å². The summed E-state index contributed by atoms with van der Waals surface area (Å²) in [6.07, 6.45) is 4.62. The van der Waals surface area contributed by atoms with Crippen molar-refractivity contribution >= 4 is 7.82 Å². The maximum atomic E-state index is 12.9. The number of allylic oxidation sites excluding steroid dienone is 2. The Morgan fingerprint density at radius 2 is 0.953 bits per heavy atom. The first kappa shape index (κ1) is 31.7. The second kappa shape index (κ2) is 12.5. The van der Waals surface area contributed by atoms with Gasteiger partial charge in [-0.15, -0.1) is 13.2 Å². The Kier molecular flexibility index (Phi) is 9.24. The highest BCUT2D eigenvalue weighted by Gasteiger charge is 2.28. The average Bonchev–Trinajstić information content (AvgIpc) is 2.95. The third-order valence-corrected chi connectivity index (χ3v) is 8.81. The lowest BCUT2D eigenvalue weighted by molar-refractivity contribution is 0.291. The summed E-state index contributed by atoms with van der Waals surface area (Å²) in [6, 6.07) is 25.0. The van der Waals surface area contributed by atoms with Gasteiger partial charge in [0.05, 0.1) is 0 Å². The zero-order valence-electron chi connectivity index (χ0n) is 25.1. The number of phenolic OH excluding ortho intramolecular Hbond substituents is 2. The third kappa shape index (κ3) is 7.22. The van der Waals surface area contributed by atoms with E-state index < -0.39 is 18.7 Å². The van der Waals surface area contributed by atoms with Gasteiger partial charge in [-0.2, -0.15) is 0 Å². The van der Waals surface area contributed by atoms with Crippen LogP contribution in [0.2, 0.25) is 0 Å². The van der Waals surface area contributed by atoms with Crippen LogP contribution in [-0.2, 0) is 28.2 Å². The van der Waals surface area contributed by atoms with E-state index in [2.05, 4.69) is 40.9 Å². The van der Waals surface area contributed by atoms with Gasteiger partial charge >= 0.3 is 7.82 Å². The van der Waals surface area contributed by atoms with Gasteiger partial charge in [0.1, 0.15) is 23.0 Å². The van der Waals surface area contributed by atoms with Crippen LogP contribution in [-0.4, -0.2) is 15.1 Å². The van der Waals surface area contributed by atoms with E-state index in [0.29, 0.717) is 12.8 Å². The van der Waals surface area contributed by atoms with Gasteiger partial charge in [0.2, 0.25) is 0 Å². The number of phenols is 2. The van der Waals surface area contributed by atoms with E-state index in [1.807, 2.05) is 48.5 Å². The number of hydrogen-bond acceptors (Lipinski definition) is 5. The van der Waals surface area contributed by atoms with Crippen molar-refractivity contribution in [1.82, 2.24) is 0 Å². The maximum Gasteiger partial charge on any atom is 0.584 e. The molecule has 0 aliphatic heterocycles. The van der Waals surface area contributed by atoms with Gasteiger partial charge in [0, 0.05) is 10.8 Å². The number of aromatic hydroxyl groups is 2. The molecule has 3 N–H and O–H groups in total. The minimum absolute atomic E-state index is 0.198. The molecular formula is C36H39O6P. The standard InChI is InChI=1S/C36H39O6P/c1-7-9-25-23-29(15-21-33(25)37)35(3,4)27-11-17-31(18-12-27)41-43(39,40)42-32-19-13-28(14-20-32)36(5,6)30-16-22-34(38)26(24-30)10-8-2/h7-8,11-24,37-38H,1-2,9-10H2,3-6H3,(H,39,40). The van der Waals surface area contributed by atoms with Crippen molar-refractivity contribution in [3.63, 3.8) is 0 Å². The predicted molar refractivity (Wildman–Crippen MR) is 172 cm³/mol. The smallest absolute Gasteiger partial charge is 0.508 e. The first-order valence-corrected chi connectivity index (χ1v) is 15.6. The highest BCUT2D eigenvalue weighted by molar-refractivity contribution is 7.48. The fraction of sp³-hybridized carbons (Fsp3) is 0.222. The van der Waals surface area contributed by atoms with E-state index in [4.69, 9.17) is 9.05 Å². The second-order valence-electron chi connectivity index (χ2n) is 11.6. The predicted octanol–water partition coefficient (Wildman–Crippen LogP) is 8.76. The van der Waals surface area contributed by atoms with Gasteiger partial charge in [-0.3, -0.25) is 4.89 Å². The summed E-state index contributed by atoms with van der Waals surface area (Å²) < 4.78 is 23.6. The van der Waals surface area contributed by atoms with Crippen LogP contribution in [0, 0.1) is 0 Å². The monoisotopic (exact) mass is 598 g/mol. The third-order valence-electron chi connectivity index (χ3n) is 7.92. The molecule has 0 bridgehead atoms. The van der Waals surface area contributed by atoms with Gasteiger partial charge in [-0.1, -0.05) is 88.4 Å². The minimum atomic E-state index is -4.48. The summed E-state index contributed by atoms with van der Waals surface area (Å²) in [6.45, 7) is 15.8. The van der Waals surface area contributed by atoms with Crippen LogP contribution in [0.4, 0.5) is 0 Å². The Morgan fingerprint density at radius 1 is 0.628 bits per heavy atom. The average molecular weight is 599 g/mol. The lowest BCUT2D eigenvalue weighted by Gasteiger charge is -2.27. The van der Waals surface area contributed by atoms with Crippen molar-refractivity contribution in [2.45, 2.75) is 51.4 Å². The van der Waals surface area contributed by atoms with E-state index in [0.717, 1.165) is 33.4 Å². The molecule has 0 spiro atoms. The van der Waals surface area contributed by atoms with Crippen LogP contribution in [0.1, 0.15) is 61.1 Å². The number of phosphoric ester groups is 1. The Hall–Kier alpha value is -4.25. The molecule has 0 amide bonds. The SMILES string of the molecule is C=CCc1cc(C(C)(C)c2ccc(OP(=O)(O)Oc3ccc(C(C)(C)c4ccc(O)c(CC=C)c4)cc3)cc2)ccc1O. The number of benzene rings is 4. The fourth-order valence-electron chi connectivity index (χ4n) is 5.07. The molecule has 0 saturated heterocycles. The molecule has 4 rings (SSSR count). The molecule has 0 aliphatic carbocycles. The Bertz CT molecular complexity index is 1530. The number of phosphoric acid groups is 1. The molecule has 224 valence electrons. The zero-order chi connectivity index (χ0) is 31.4. The van der Waals surface area contributed by atoms with Crippen LogP contribution in [0.3, 0.4) is 0 Å². The van der Waals surface area contributed by atoms with Crippen molar-refractivity contribution in [1.29, 1.82) is 0 Å². The molecule has 0 heterocycles. The summed E-state index contributed by atoms with van der Waals surface area (Å²) in [7, 11) is -4.48. The first-order valence-electron chi connectivity index (χ1n) is 14.1. The van der Waals surface area contributed by atoms with Crippen LogP contribution in [0.15, 0.2) is 110 Å². The van der Waals surface area contributed by atoms with Crippen LogP contribution >= 0.6 is 7.82 Å². The largest absolute Gasteiger partial charge is 0.584 e. The topological polar surface area (TPSA) is 96.2 Å². The van der Waals surface area contributed by atoms with Crippen molar-refractivity contribution in [3.05, 3.63) is 144 Å². The lowest BCUT2D eigenvalue weighted by atomic mass is 9.77. The molecule has 6 nitrogen and oxygen atoms in total. The van der Waals surface area contributed by atoms with Crippen molar-refractivity contribution in [2.75, 3.05) is 0 Å². The van der Waals surface area contributed by atoms with Gasteiger partial charge in [-0.25, -0.2) is 4.57 Å². The number of hydrogen-bond donors (Lipinski definition) is 3. The van der Waals surface area contributed by atoms with E-state index in [1.54, 1.807) is 48.6 Å². The van der Waals surface area contributed by atoms with Crippen LogP contribution in [0.5, 0.6) is 23.0 Å². The quantitative estimate of drug-likeness (QED) is 0.111. The summed E-state index contributed by atoms with van der Waals surface area (Å²) in [4.78, 5) is 10.5. The highest BCUT2D eigenvalue weighted by Crippen LogP contribution is 2.45. The minimum Gasteiger partial charge on any atom is -0.508 e. The normalized spacial score (nSPS) is 12.0. The van der Waals surface area contributed by atoms with Gasteiger partial charge in [0.15, 0.2) is 0 Å². The maximum absolute atomic E-state index is 12.9. The molecule has 0 atom stereocenters. The summed E-state index contributed by atoms with van der Waals surface area (Å²) in [5.41, 5.74) is 4.76. The fourth-order valence-corrected chi connectivity index (χ4v) is 5.88. The molecule has 43 heavy (non-hydrogen) atoms. The zero-order valence-corrected chi connectivity index (χ0v) is 26.0. The molecule has 0 unspecified atom stereocenters. The molecule has 4 aromatic rings. The van der Waals surface area contributed by atoms with Crippen molar-refractivity contribution in [3.8, 4) is 23.0 Å². The molecule has 0 radical (unpaired) electrons. The van der Waals surface area contributed by atoms with Crippen molar-refractivity contribution < 1.29 is 28.7 Å². The Morgan fingerprint density at radius 3 is 1.28 bits per heavy atom. The summed E-state index contributed by atoms with van der Waals surface area (Å²) >= 11 is 0. The Labute approximate surface area is 254 Å². The van der Waals surface area contributed by atoms with Crippen LogP contribution in [0.25, 0.3) is 0 Å². The van der Waals surface area contributed by atoms with Gasteiger partial charge < -0.3 is 19.3 Å². The summed E-state index contributed by atoms with van der Waals surface area (Å²) in [5, 5.41) is 20.3. The van der Waals surface area contributed by atoms with Crippen molar-refractivity contribution in [2.24, 2.45) is 0 Å². The molecule has 7 heteroatoms. The van der Waals surface area contributed by atoms with Gasteiger partial charge in [-0.05, 0) is 82.6 Å². The van der Waals surface area contributed by atoms with E-state index >= 15 is 0 Å². The lowest BCUT2D eigenvalue weighted by Crippen LogP contribution is -2.19. The highest BCUT2D eigenvalue weighted by atomic mass is 31.2. The molecular weight excluding hydrogens is 559 g/mol. The van der Waals surface area contributed by atoms with E-state index in [1.165, 1.54) is 0 Å². The molecule has 0 aromatic heterocycles. The molecule has 0 aliphatic rings. The molecule has 4 aromatic carbocycles. The summed E-state index contributed by atoms with van der Waals surface area (Å²) in [5.74, 6) is 0.860. The molecule has 0 saturated carbocycles. The molecule has 0 fully saturated rings. The van der Waals surface area contributed by atoms with E-state index in [-0.39, 0.29) is 23.0 Å². The van der Waals surface area contributed by atoms with E-state index in [9.17, 15) is 19.7 Å². The second-order valence-corrected chi connectivity index (χ2v) is 12.9.